The summed E-state index contributed by atoms with van der Waals surface area (Å²) < 4.78 is 0.964. The third-order valence-corrected chi connectivity index (χ3v) is 4.25. The molecule has 0 aromatic heterocycles. The van der Waals surface area contributed by atoms with Crippen LogP contribution in [0.15, 0.2) is 53.0 Å². The number of carbonyl (C=O) groups is 2. The molecular weight excluding hydrogens is 368 g/mol. The van der Waals surface area contributed by atoms with Crippen molar-refractivity contribution in [2.24, 2.45) is 0 Å². The highest BCUT2D eigenvalue weighted by Crippen LogP contribution is 2.20. The van der Waals surface area contributed by atoms with E-state index in [2.05, 4.69) is 21.2 Å². The molecule has 0 heterocycles. The number of nitrogens with one attached hydrogen (secondary N) is 1. The van der Waals surface area contributed by atoms with Crippen LogP contribution in [0, 0.1) is 6.92 Å². The molecule has 0 bridgehead atoms. The van der Waals surface area contributed by atoms with E-state index < -0.39 is 0 Å². The quantitative estimate of drug-likeness (QED) is 0.818. The van der Waals surface area contributed by atoms with E-state index in [9.17, 15) is 9.59 Å². The SMILES string of the molecule is CC(=O)N(CCc1ccccc1)CC(=O)Nc1ccc(Br)cc1C. The largest absolute Gasteiger partial charge is 0.333 e. The number of aryl methyl sites for hydroxylation is 1. The fraction of sp³-hybridized carbons (Fsp3) is 0.263. The van der Waals surface area contributed by atoms with Gasteiger partial charge in [0.2, 0.25) is 11.8 Å². The maximum atomic E-state index is 12.3. The normalized spacial score (nSPS) is 10.3. The molecule has 0 radical (unpaired) electrons. The van der Waals surface area contributed by atoms with E-state index in [1.54, 1.807) is 4.90 Å². The van der Waals surface area contributed by atoms with Crippen molar-refractivity contribution in [2.45, 2.75) is 20.3 Å². The van der Waals surface area contributed by atoms with Crippen LogP contribution >= 0.6 is 15.9 Å². The minimum atomic E-state index is -0.191. The van der Waals surface area contributed by atoms with Crippen LogP contribution in [0.3, 0.4) is 0 Å². The van der Waals surface area contributed by atoms with Crippen LogP contribution in [0.4, 0.5) is 5.69 Å². The average molecular weight is 389 g/mol. The summed E-state index contributed by atoms with van der Waals surface area (Å²) in [6.07, 6.45) is 0.727. The number of hydrogen-bond acceptors (Lipinski definition) is 2. The lowest BCUT2D eigenvalue weighted by Crippen LogP contribution is -2.38. The molecule has 24 heavy (non-hydrogen) atoms. The van der Waals surface area contributed by atoms with Gasteiger partial charge in [-0.2, -0.15) is 0 Å². The molecule has 0 aliphatic carbocycles. The van der Waals surface area contributed by atoms with E-state index in [4.69, 9.17) is 0 Å². The lowest BCUT2D eigenvalue weighted by Gasteiger charge is -2.21. The summed E-state index contributed by atoms with van der Waals surface area (Å²) in [5.41, 5.74) is 2.87. The molecule has 0 fully saturated rings. The third kappa shape index (κ3) is 5.49. The molecule has 0 aliphatic heterocycles. The summed E-state index contributed by atoms with van der Waals surface area (Å²) in [5.74, 6) is -0.294. The fourth-order valence-electron chi connectivity index (χ4n) is 2.39. The average Bonchev–Trinajstić information content (AvgIpc) is 2.55. The monoisotopic (exact) mass is 388 g/mol. The van der Waals surface area contributed by atoms with Crippen molar-refractivity contribution in [3.05, 3.63) is 64.1 Å². The first kappa shape index (κ1) is 18.2. The minimum absolute atomic E-state index is 0.0532. The first-order valence-electron chi connectivity index (χ1n) is 7.81. The van der Waals surface area contributed by atoms with Crippen LogP contribution in [-0.2, 0) is 16.0 Å². The lowest BCUT2D eigenvalue weighted by molar-refractivity contribution is -0.132. The Kier molecular flexibility index (Phi) is 6.55. The Morgan fingerprint density at radius 1 is 1.12 bits per heavy atom. The summed E-state index contributed by atoms with van der Waals surface area (Å²) in [6, 6.07) is 15.6. The van der Waals surface area contributed by atoms with Gasteiger partial charge < -0.3 is 10.2 Å². The van der Waals surface area contributed by atoms with Crippen LogP contribution < -0.4 is 5.32 Å². The van der Waals surface area contributed by atoms with Gasteiger partial charge in [-0.1, -0.05) is 46.3 Å². The Labute approximate surface area is 151 Å². The lowest BCUT2D eigenvalue weighted by atomic mass is 10.1. The summed E-state index contributed by atoms with van der Waals surface area (Å²) in [7, 11) is 0. The number of anilines is 1. The Balaban J connectivity index is 1.94. The smallest absolute Gasteiger partial charge is 0.244 e. The van der Waals surface area contributed by atoms with Crippen molar-refractivity contribution in [3.8, 4) is 0 Å². The van der Waals surface area contributed by atoms with Crippen LogP contribution in [0.2, 0.25) is 0 Å². The van der Waals surface area contributed by atoms with E-state index >= 15 is 0 Å². The van der Waals surface area contributed by atoms with Gasteiger partial charge in [0.15, 0.2) is 0 Å². The molecule has 2 rings (SSSR count). The van der Waals surface area contributed by atoms with Crippen LogP contribution in [-0.4, -0.2) is 29.8 Å². The summed E-state index contributed by atoms with van der Waals surface area (Å²) in [6.45, 7) is 3.99. The number of amides is 2. The molecule has 2 aromatic rings. The predicted octanol–water partition coefficient (Wildman–Crippen LogP) is 3.79. The number of rotatable bonds is 6. The number of nitrogens with zero attached hydrogens (tertiary/aromatic N) is 1. The molecule has 2 amide bonds. The molecule has 0 atom stereocenters. The zero-order chi connectivity index (χ0) is 17.5. The van der Waals surface area contributed by atoms with Gasteiger partial charge in [0.1, 0.15) is 0 Å². The summed E-state index contributed by atoms with van der Waals surface area (Å²) >= 11 is 3.40. The highest BCUT2D eigenvalue weighted by Gasteiger charge is 2.14. The Bertz CT molecular complexity index is 717. The zero-order valence-electron chi connectivity index (χ0n) is 13.9. The van der Waals surface area contributed by atoms with E-state index in [1.807, 2.05) is 55.5 Å². The Morgan fingerprint density at radius 2 is 1.83 bits per heavy atom. The minimum Gasteiger partial charge on any atom is -0.333 e. The highest BCUT2D eigenvalue weighted by molar-refractivity contribution is 9.10. The van der Waals surface area contributed by atoms with Crippen LogP contribution in [0.25, 0.3) is 0 Å². The number of hydrogen-bond donors (Lipinski definition) is 1. The number of halogens is 1. The maximum Gasteiger partial charge on any atom is 0.244 e. The molecule has 0 spiro atoms. The molecular formula is C19H21BrN2O2. The van der Waals surface area contributed by atoms with E-state index in [1.165, 1.54) is 6.92 Å². The van der Waals surface area contributed by atoms with E-state index in [-0.39, 0.29) is 18.4 Å². The van der Waals surface area contributed by atoms with E-state index in [0.717, 1.165) is 27.7 Å². The third-order valence-electron chi connectivity index (χ3n) is 3.76. The van der Waals surface area contributed by atoms with Gasteiger partial charge in [0, 0.05) is 23.6 Å². The van der Waals surface area contributed by atoms with Crippen molar-refractivity contribution >= 4 is 33.4 Å². The van der Waals surface area contributed by atoms with Crippen molar-refractivity contribution in [1.82, 2.24) is 4.90 Å². The fourth-order valence-corrected chi connectivity index (χ4v) is 2.86. The molecule has 2 aromatic carbocycles. The van der Waals surface area contributed by atoms with Crippen LogP contribution in [0.5, 0.6) is 0 Å². The molecule has 4 nitrogen and oxygen atoms in total. The van der Waals surface area contributed by atoms with Crippen molar-refractivity contribution in [2.75, 3.05) is 18.4 Å². The summed E-state index contributed by atoms with van der Waals surface area (Å²) in [4.78, 5) is 25.6. The van der Waals surface area contributed by atoms with Crippen molar-refractivity contribution in [3.63, 3.8) is 0 Å². The van der Waals surface area contributed by atoms with Gasteiger partial charge >= 0.3 is 0 Å². The summed E-state index contributed by atoms with van der Waals surface area (Å²) in [5, 5.41) is 2.87. The topological polar surface area (TPSA) is 49.4 Å². The maximum absolute atomic E-state index is 12.3. The standard InChI is InChI=1S/C19H21BrN2O2/c1-14-12-17(20)8-9-18(14)21-19(24)13-22(15(2)23)11-10-16-6-4-3-5-7-16/h3-9,12H,10-11,13H2,1-2H3,(H,21,24). The Hall–Kier alpha value is -2.14. The molecule has 0 aliphatic rings. The molecule has 1 N–H and O–H groups in total. The van der Waals surface area contributed by atoms with Gasteiger partial charge in [-0.3, -0.25) is 9.59 Å². The van der Waals surface area contributed by atoms with Gasteiger partial charge in [0.25, 0.3) is 0 Å². The van der Waals surface area contributed by atoms with Gasteiger partial charge in [-0.05, 0) is 42.7 Å². The number of carbonyl (C=O) groups excluding carboxylic acids is 2. The second-order valence-electron chi connectivity index (χ2n) is 5.68. The molecule has 126 valence electrons. The molecule has 0 saturated heterocycles. The van der Waals surface area contributed by atoms with Crippen LogP contribution in [0.1, 0.15) is 18.1 Å². The second kappa shape index (κ2) is 8.64. The first-order valence-corrected chi connectivity index (χ1v) is 8.60. The van der Waals surface area contributed by atoms with Crippen molar-refractivity contribution in [1.29, 1.82) is 0 Å². The highest BCUT2D eigenvalue weighted by atomic mass is 79.9. The molecule has 0 saturated carbocycles. The van der Waals surface area contributed by atoms with Gasteiger partial charge in [-0.25, -0.2) is 0 Å². The molecule has 5 heteroatoms. The zero-order valence-corrected chi connectivity index (χ0v) is 15.5. The Morgan fingerprint density at radius 3 is 2.46 bits per heavy atom. The van der Waals surface area contributed by atoms with Crippen molar-refractivity contribution < 1.29 is 9.59 Å². The predicted molar refractivity (Wildman–Crippen MR) is 99.9 cm³/mol. The van der Waals surface area contributed by atoms with Gasteiger partial charge in [-0.15, -0.1) is 0 Å². The molecule has 0 unspecified atom stereocenters. The van der Waals surface area contributed by atoms with E-state index in [0.29, 0.717) is 6.54 Å². The first-order chi connectivity index (χ1) is 11.5. The number of benzene rings is 2. The second-order valence-corrected chi connectivity index (χ2v) is 6.60. The van der Waals surface area contributed by atoms with Gasteiger partial charge in [0.05, 0.1) is 6.54 Å².